The fraction of sp³-hybridized carbons (Fsp3) is 0.0526. The average molecular weight is 427 g/mol. The van der Waals surface area contributed by atoms with E-state index in [2.05, 4.69) is 30.7 Å². The van der Waals surface area contributed by atoms with Gasteiger partial charge >= 0.3 is 0 Å². The van der Waals surface area contributed by atoms with Crippen molar-refractivity contribution in [3.8, 4) is 5.82 Å². The number of nitrogens with zero attached hydrogens (tertiary/aromatic N) is 5. The standard InChI is InChI=1S/C19H16Cl2N8/c20-14-7-6-12(8-15(14)21)10-23-16-9-17(25-11-24-16)29-18(22)27-19(28-29)26-13-4-2-1-3-5-13/h1-9,11H,10H2,(H,23,24,25)(H3,22,26,27,28). The summed E-state index contributed by atoms with van der Waals surface area (Å²) in [6.45, 7) is 0.515. The molecule has 4 aromatic rings. The minimum atomic E-state index is 0.206. The molecule has 0 bridgehead atoms. The van der Waals surface area contributed by atoms with Crippen molar-refractivity contribution in [1.29, 1.82) is 0 Å². The molecule has 8 nitrogen and oxygen atoms in total. The highest BCUT2D eigenvalue weighted by atomic mass is 35.5. The van der Waals surface area contributed by atoms with Crippen molar-refractivity contribution in [2.24, 2.45) is 0 Å². The third-order valence-electron chi connectivity index (χ3n) is 3.99. The van der Waals surface area contributed by atoms with Gasteiger partial charge in [0.15, 0.2) is 5.82 Å². The summed E-state index contributed by atoms with van der Waals surface area (Å²) in [5, 5.41) is 11.7. The lowest BCUT2D eigenvalue weighted by Crippen LogP contribution is -2.07. The van der Waals surface area contributed by atoms with Crippen molar-refractivity contribution in [3.63, 3.8) is 0 Å². The highest BCUT2D eigenvalue weighted by molar-refractivity contribution is 6.42. The van der Waals surface area contributed by atoms with Gasteiger partial charge in [-0.15, -0.1) is 5.10 Å². The van der Waals surface area contributed by atoms with Crippen molar-refractivity contribution in [2.45, 2.75) is 6.54 Å². The maximum absolute atomic E-state index is 6.05. The van der Waals surface area contributed by atoms with Crippen LogP contribution in [-0.4, -0.2) is 24.7 Å². The summed E-state index contributed by atoms with van der Waals surface area (Å²) in [6, 6.07) is 16.8. The van der Waals surface area contributed by atoms with Crippen LogP contribution in [0.2, 0.25) is 10.0 Å². The molecule has 0 aliphatic heterocycles. The second-order valence-corrected chi connectivity index (χ2v) is 6.87. The second kappa shape index (κ2) is 8.34. The predicted octanol–water partition coefficient (Wildman–Crippen LogP) is 4.30. The number of hydrogen-bond acceptors (Lipinski definition) is 7. The van der Waals surface area contributed by atoms with Gasteiger partial charge in [-0.3, -0.25) is 0 Å². The number of aromatic nitrogens is 5. The lowest BCUT2D eigenvalue weighted by molar-refractivity contribution is 0.851. The Morgan fingerprint density at radius 2 is 1.79 bits per heavy atom. The fourth-order valence-electron chi connectivity index (χ4n) is 2.60. The van der Waals surface area contributed by atoms with Gasteiger partial charge in [-0.25, -0.2) is 9.97 Å². The molecule has 0 unspecified atom stereocenters. The molecular weight excluding hydrogens is 411 g/mol. The summed E-state index contributed by atoms with van der Waals surface area (Å²) < 4.78 is 1.44. The molecule has 2 aromatic carbocycles. The summed E-state index contributed by atoms with van der Waals surface area (Å²) in [6.07, 6.45) is 1.43. The van der Waals surface area contributed by atoms with Crippen LogP contribution in [0.1, 0.15) is 5.56 Å². The summed E-state index contributed by atoms with van der Waals surface area (Å²) >= 11 is 12.0. The molecule has 0 amide bonds. The van der Waals surface area contributed by atoms with Gasteiger partial charge in [-0.05, 0) is 29.8 Å². The van der Waals surface area contributed by atoms with Gasteiger partial charge in [-0.1, -0.05) is 47.5 Å². The Balaban J connectivity index is 1.50. The maximum atomic E-state index is 6.05. The fourth-order valence-corrected chi connectivity index (χ4v) is 2.92. The van der Waals surface area contributed by atoms with E-state index in [1.54, 1.807) is 18.2 Å². The number of rotatable bonds is 6. The highest BCUT2D eigenvalue weighted by Crippen LogP contribution is 2.23. The number of para-hydroxylation sites is 1. The van der Waals surface area contributed by atoms with Gasteiger partial charge in [0.25, 0.3) is 0 Å². The minimum absolute atomic E-state index is 0.206. The van der Waals surface area contributed by atoms with Crippen molar-refractivity contribution in [3.05, 3.63) is 76.5 Å². The van der Waals surface area contributed by atoms with Crippen LogP contribution < -0.4 is 16.4 Å². The zero-order valence-corrected chi connectivity index (χ0v) is 16.6. The van der Waals surface area contributed by atoms with E-state index >= 15 is 0 Å². The molecule has 0 atom stereocenters. The average Bonchev–Trinajstić information content (AvgIpc) is 3.10. The van der Waals surface area contributed by atoms with Crippen molar-refractivity contribution < 1.29 is 0 Å². The highest BCUT2D eigenvalue weighted by Gasteiger charge is 2.11. The van der Waals surface area contributed by atoms with Gasteiger partial charge < -0.3 is 16.4 Å². The molecule has 0 aliphatic rings. The Morgan fingerprint density at radius 1 is 0.966 bits per heavy atom. The normalized spacial score (nSPS) is 10.7. The van der Waals surface area contributed by atoms with Crippen molar-refractivity contribution >= 4 is 46.6 Å². The topological polar surface area (TPSA) is 107 Å². The van der Waals surface area contributed by atoms with Crippen LogP contribution >= 0.6 is 23.2 Å². The molecule has 4 N–H and O–H groups in total. The Kier molecular flexibility index (Phi) is 5.46. The van der Waals surface area contributed by atoms with Crippen LogP contribution in [0.3, 0.4) is 0 Å². The maximum Gasteiger partial charge on any atom is 0.248 e. The third kappa shape index (κ3) is 4.56. The van der Waals surface area contributed by atoms with E-state index in [9.17, 15) is 0 Å². The Bertz CT molecular complexity index is 1130. The van der Waals surface area contributed by atoms with E-state index in [0.717, 1.165) is 11.3 Å². The first-order chi connectivity index (χ1) is 14.1. The quantitative estimate of drug-likeness (QED) is 0.421. The summed E-state index contributed by atoms with van der Waals surface area (Å²) in [7, 11) is 0. The first-order valence-electron chi connectivity index (χ1n) is 8.63. The van der Waals surface area contributed by atoms with E-state index in [1.165, 1.54) is 11.0 Å². The molecule has 29 heavy (non-hydrogen) atoms. The van der Waals surface area contributed by atoms with Gasteiger partial charge in [0.2, 0.25) is 11.9 Å². The molecule has 10 heteroatoms. The molecule has 0 radical (unpaired) electrons. The van der Waals surface area contributed by atoms with E-state index in [-0.39, 0.29) is 5.95 Å². The first-order valence-corrected chi connectivity index (χ1v) is 9.39. The summed E-state index contributed by atoms with van der Waals surface area (Å²) in [5.41, 5.74) is 7.84. The lowest BCUT2D eigenvalue weighted by Gasteiger charge is -2.08. The van der Waals surface area contributed by atoms with Gasteiger partial charge in [0, 0.05) is 18.3 Å². The molecule has 0 spiro atoms. The van der Waals surface area contributed by atoms with Gasteiger partial charge in [0.1, 0.15) is 12.1 Å². The van der Waals surface area contributed by atoms with E-state index in [4.69, 9.17) is 28.9 Å². The monoisotopic (exact) mass is 426 g/mol. The van der Waals surface area contributed by atoms with Crippen LogP contribution in [0.5, 0.6) is 0 Å². The third-order valence-corrected chi connectivity index (χ3v) is 4.73. The number of nitrogen functional groups attached to an aromatic ring is 1. The van der Waals surface area contributed by atoms with Crippen molar-refractivity contribution in [1.82, 2.24) is 24.7 Å². The number of benzene rings is 2. The van der Waals surface area contributed by atoms with Crippen LogP contribution in [0.25, 0.3) is 5.82 Å². The smallest absolute Gasteiger partial charge is 0.248 e. The molecule has 0 saturated carbocycles. The number of hydrogen-bond donors (Lipinski definition) is 3. The Hall–Kier alpha value is -3.36. The van der Waals surface area contributed by atoms with Gasteiger partial charge in [0.05, 0.1) is 10.0 Å². The molecular formula is C19H16Cl2N8. The number of nitrogens with two attached hydrogens (primary N) is 1. The minimum Gasteiger partial charge on any atom is -0.368 e. The van der Waals surface area contributed by atoms with E-state index < -0.39 is 0 Å². The van der Waals surface area contributed by atoms with Crippen LogP contribution in [-0.2, 0) is 6.54 Å². The lowest BCUT2D eigenvalue weighted by atomic mass is 10.2. The molecule has 2 aromatic heterocycles. The molecule has 0 saturated heterocycles. The summed E-state index contributed by atoms with van der Waals surface area (Å²) in [4.78, 5) is 12.7. The van der Waals surface area contributed by atoms with Crippen molar-refractivity contribution in [2.75, 3.05) is 16.4 Å². The molecule has 4 rings (SSSR count). The number of nitrogens with one attached hydrogen (secondary N) is 2. The zero-order chi connectivity index (χ0) is 20.2. The molecule has 0 aliphatic carbocycles. The van der Waals surface area contributed by atoms with Crippen LogP contribution in [0.15, 0.2) is 60.9 Å². The van der Waals surface area contributed by atoms with Gasteiger partial charge in [-0.2, -0.15) is 9.67 Å². The largest absolute Gasteiger partial charge is 0.368 e. The molecule has 0 fully saturated rings. The zero-order valence-electron chi connectivity index (χ0n) is 15.0. The predicted molar refractivity (Wildman–Crippen MR) is 115 cm³/mol. The summed E-state index contributed by atoms with van der Waals surface area (Å²) in [5.74, 6) is 1.67. The number of anilines is 4. The Labute approximate surface area is 176 Å². The number of halogens is 2. The van der Waals surface area contributed by atoms with E-state index in [0.29, 0.717) is 34.2 Å². The molecule has 146 valence electrons. The SMILES string of the molecule is Nc1nc(Nc2ccccc2)nn1-c1cc(NCc2ccc(Cl)c(Cl)c2)ncn1. The van der Waals surface area contributed by atoms with Crippen LogP contribution in [0.4, 0.5) is 23.4 Å². The van der Waals surface area contributed by atoms with Crippen LogP contribution in [0, 0.1) is 0 Å². The molecule has 2 heterocycles. The first kappa shape index (κ1) is 19.0. The second-order valence-electron chi connectivity index (χ2n) is 6.06. The van der Waals surface area contributed by atoms with E-state index in [1.807, 2.05) is 36.4 Å². The Morgan fingerprint density at radius 3 is 2.59 bits per heavy atom.